The normalized spacial score (nSPS) is 11.8. The second-order valence-corrected chi connectivity index (χ2v) is 6.02. The zero-order chi connectivity index (χ0) is 18.7. The Bertz CT molecular complexity index is 563. The lowest BCUT2D eigenvalue weighted by Gasteiger charge is -2.17. The van der Waals surface area contributed by atoms with Crippen LogP contribution in [0.3, 0.4) is 0 Å². The van der Waals surface area contributed by atoms with E-state index in [-0.39, 0.29) is 0 Å². The maximum atomic E-state index is 12.6. The number of carbonyl (C=O) groups excluding carboxylic acids is 2. The number of nitrogen functional groups attached to an aromatic ring is 1. The molecule has 7 heteroatoms. The van der Waals surface area contributed by atoms with Gasteiger partial charge in [0.15, 0.2) is 0 Å². The Morgan fingerprint density at radius 3 is 2.60 bits per heavy atom. The van der Waals surface area contributed by atoms with E-state index in [1.807, 2.05) is 6.92 Å². The van der Waals surface area contributed by atoms with Crippen LogP contribution in [0, 0.1) is 0 Å². The van der Waals surface area contributed by atoms with Crippen molar-refractivity contribution in [2.24, 2.45) is 11.5 Å². The van der Waals surface area contributed by atoms with Crippen LogP contribution in [0.15, 0.2) is 18.2 Å². The Hall–Kier alpha value is -2.28. The van der Waals surface area contributed by atoms with Gasteiger partial charge in [0.25, 0.3) is 5.91 Å². The number of primary amides is 1. The van der Waals surface area contributed by atoms with Crippen molar-refractivity contribution >= 4 is 17.5 Å². The maximum absolute atomic E-state index is 12.6. The van der Waals surface area contributed by atoms with Crippen molar-refractivity contribution in [2.45, 2.75) is 51.5 Å². The summed E-state index contributed by atoms with van der Waals surface area (Å²) in [4.78, 5) is 24.1. The molecule has 0 aliphatic rings. The average molecular weight is 350 g/mol. The zero-order valence-corrected chi connectivity index (χ0v) is 14.9. The van der Waals surface area contributed by atoms with Gasteiger partial charge in [0.05, 0.1) is 12.2 Å². The summed E-state index contributed by atoms with van der Waals surface area (Å²) in [6.45, 7) is 3.15. The minimum atomic E-state index is -0.703. The predicted octanol–water partition coefficient (Wildman–Crippen LogP) is 1.55. The summed E-state index contributed by atoms with van der Waals surface area (Å²) in [5.41, 5.74) is 17.4. The lowest BCUT2D eigenvalue weighted by molar-refractivity contribution is -0.120. The number of hydrogen-bond acceptors (Lipinski definition) is 5. The van der Waals surface area contributed by atoms with E-state index in [4.69, 9.17) is 21.9 Å². The molecule has 0 heterocycles. The van der Waals surface area contributed by atoms with Gasteiger partial charge in [0.1, 0.15) is 11.8 Å². The van der Waals surface area contributed by atoms with Gasteiger partial charge in [-0.05, 0) is 50.4 Å². The summed E-state index contributed by atoms with van der Waals surface area (Å²) in [7, 11) is 0. The number of unbranched alkanes of at least 4 members (excludes halogenated alkanes) is 3. The number of ether oxygens (including phenoxy) is 1. The van der Waals surface area contributed by atoms with Gasteiger partial charge >= 0.3 is 0 Å². The van der Waals surface area contributed by atoms with Gasteiger partial charge in [-0.2, -0.15) is 0 Å². The van der Waals surface area contributed by atoms with E-state index in [9.17, 15) is 9.59 Å². The molecule has 0 aromatic heterocycles. The minimum Gasteiger partial charge on any atom is -0.493 e. The first-order valence-corrected chi connectivity index (χ1v) is 8.82. The molecule has 7 nitrogen and oxygen atoms in total. The molecule has 0 saturated heterocycles. The van der Waals surface area contributed by atoms with Crippen LogP contribution >= 0.6 is 0 Å². The van der Waals surface area contributed by atoms with Crippen LogP contribution in [-0.4, -0.2) is 31.0 Å². The van der Waals surface area contributed by atoms with E-state index in [2.05, 4.69) is 5.32 Å². The summed E-state index contributed by atoms with van der Waals surface area (Å²) < 4.78 is 5.71. The summed E-state index contributed by atoms with van der Waals surface area (Å²) in [5.74, 6) is -0.516. The van der Waals surface area contributed by atoms with Gasteiger partial charge in [-0.1, -0.05) is 19.8 Å². The van der Waals surface area contributed by atoms with Gasteiger partial charge in [0, 0.05) is 5.69 Å². The van der Waals surface area contributed by atoms with Crippen molar-refractivity contribution in [3.8, 4) is 5.75 Å². The summed E-state index contributed by atoms with van der Waals surface area (Å²) in [6.07, 6.45) is 4.98. The standard InChI is InChI=1S/C18H30N4O3/c1-2-3-7-15(17(21)23)22-18(24)14-12-13(20)8-9-16(14)25-11-6-4-5-10-19/h8-9,12,15H,2-7,10-11,19-20H2,1H3,(H2,21,23)(H,22,24)/t15-/m0/s1. The van der Waals surface area contributed by atoms with Crippen LogP contribution in [0.5, 0.6) is 5.75 Å². The van der Waals surface area contributed by atoms with Gasteiger partial charge in [-0.25, -0.2) is 0 Å². The number of hydrogen-bond donors (Lipinski definition) is 4. The molecule has 0 radical (unpaired) electrons. The maximum Gasteiger partial charge on any atom is 0.255 e. The quantitative estimate of drug-likeness (QED) is 0.335. The molecule has 1 aromatic carbocycles. The van der Waals surface area contributed by atoms with E-state index >= 15 is 0 Å². The Labute approximate surface area is 149 Å². The van der Waals surface area contributed by atoms with Crippen LogP contribution in [0.1, 0.15) is 55.8 Å². The minimum absolute atomic E-state index is 0.307. The van der Waals surface area contributed by atoms with Crippen LogP contribution in [0.2, 0.25) is 0 Å². The molecule has 0 unspecified atom stereocenters. The van der Waals surface area contributed by atoms with Gasteiger partial charge in [0.2, 0.25) is 5.91 Å². The molecule has 2 amide bonds. The molecule has 25 heavy (non-hydrogen) atoms. The molecular formula is C18H30N4O3. The molecule has 140 valence electrons. The number of carbonyl (C=O) groups is 2. The highest BCUT2D eigenvalue weighted by Crippen LogP contribution is 2.22. The van der Waals surface area contributed by atoms with Crippen LogP contribution in [-0.2, 0) is 4.79 Å². The molecule has 0 bridgehead atoms. The fourth-order valence-corrected chi connectivity index (χ4v) is 2.39. The lowest BCUT2D eigenvalue weighted by atomic mass is 10.1. The summed E-state index contributed by atoms with van der Waals surface area (Å²) in [5, 5.41) is 2.68. The van der Waals surface area contributed by atoms with Crippen molar-refractivity contribution in [1.82, 2.24) is 5.32 Å². The van der Waals surface area contributed by atoms with E-state index < -0.39 is 17.9 Å². The molecule has 1 rings (SSSR count). The third-order valence-electron chi connectivity index (χ3n) is 3.85. The number of rotatable bonds is 12. The topological polar surface area (TPSA) is 133 Å². The van der Waals surface area contributed by atoms with Crippen molar-refractivity contribution in [1.29, 1.82) is 0 Å². The second kappa shape index (κ2) is 11.3. The monoisotopic (exact) mass is 350 g/mol. The number of nitrogens with one attached hydrogen (secondary N) is 1. The van der Waals surface area contributed by atoms with Gasteiger partial charge in [-0.3, -0.25) is 9.59 Å². The highest BCUT2D eigenvalue weighted by atomic mass is 16.5. The van der Waals surface area contributed by atoms with E-state index in [1.54, 1.807) is 18.2 Å². The number of amides is 2. The summed E-state index contributed by atoms with van der Waals surface area (Å²) >= 11 is 0. The molecule has 0 aliphatic heterocycles. The highest BCUT2D eigenvalue weighted by molar-refractivity contribution is 6.00. The van der Waals surface area contributed by atoms with Crippen LogP contribution < -0.4 is 27.3 Å². The summed E-state index contributed by atoms with van der Waals surface area (Å²) in [6, 6.07) is 4.18. The molecule has 7 N–H and O–H groups in total. The first-order chi connectivity index (χ1) is 12.0. The Balaban J connectivity index is 2.77. The zero-order valence-electron chi connectivity index (χ0n) is 14.9. The van der Waals surface area contributed by atoms with Gasteiger partial charge in [-0.15, -0.1) is 0 Å². The van der Waals surface area contributed by atoms with Crippen molar-refractivity contribution in [3.05, 3.63) is 23.8 Å². The van der Waals surface area contributed by atoms with Crippen molar-refractivity contribution in [2.75, 3.05) is 18.9 Å². The van der Waals surface area contributed by atoms with Crippen molar-refractivity contribution in [3.63, 3.8) is 0 Å². The average Bonchev–Trinajstić information content (AvgIpc) is 2.59. The highest BCUT2D eigenvalue weighted by Gasteiger charge is 2.21. The first kappa shape index (κ1) is 20.8. The Morgan fingerprint density at radius 2 is 1.96 bits per heavy atom. The van der Waals surface area contributed by atoms with Crippen LogP contribution in [0.4, 0.5) is 5.69 Å². The lowest BCUT2D eigenvalue weighted by Crippen LogP contribution is -2.44. The number of anilines is 1. The largest absolute Gasteiger partial charge is 0.493 e. The molecule has 1 atom stereocenters. The molecule has 1 aromatic rings. The third-order valence-corrected chi connectivity index (χ3v) is 3.85. The predicted molar refractivity (Wildman–Crippen MR) is 99.2 cm³/mol. The second-order valence-electron chi connectivity index (χ2n) is 6.02. The molecule has 0 spiro atoms. The van der Waals surface area contributed by atoms with E-state index in [0.29, 0.717) is 36.6 Å². The van der Waals surface area contributed by atoms with Crippen LogP contribution in [0.25, 0.3) is 0 Å². The van der Waals surface area contributed by atoms with E-state index in [1.165, 1.54) is 0 Å². The fraction of sp³-hybridized carbons (Fsp3) is 0.556. The smallest absolute Gasteiger partial charge is 0.255 e. The van der Waals surface area contributed by atoms with Gasteiger partial charge < -0.3 is 27.3 Å². The van der Waals surface area contributed by atoms with Crippen molar-refractivity contribution < 1.29 is 14.3 Å². The first-order valence-electron chi connectivity index (χ1n) is 8.82. The molecule has 0 fully saturated rings. The number of benzene rings is 1. The Kier molecular flexibility index (Phi) is 9.39. The molecular weight excluding hydrogens is 320 g/mol. The Morgan fingerprint density at radius 1 is 1.20 bits per heavy atom. The molecule has 0 saturated carbocycles. The fourth-order valence-electron chi connectivity index (χ4n) is 2.39. The number of nitrogens with two attached hydrogens (primary N) is 3. The van der Waals surface area contributed by atoms with E-state index in [0.717, 1.165) is 32.1 Å². The SMILES string of the molecule is CCCC[C@H](NC(=O)c1cc(N)ccc1OCCCCCN)C(N)=O. The third kappa shape index (κ3) is 7.43. The molecule has 0 aliphatic carbocycles.